The predicted molar refractivity (Wildman–Crippen MR) is 445 cm³/mol. The number of hydrogen-bond donors (Lipinski definition) is 4. The summed E-state index contributed by atoms with van der Waals surface area (Å²) in [6.07, 6.45) is 99.2. The number of allylic oxidation sites excluding steroid dienone is 22. The van der Waals surface area contributed by atoms with E-state index in [4.69, 9.17) is 32.3 Å². The lowest BCUT2D eigenvalue weighted by atomic mass is 10.0. The van der Waals surface area contributed by atoms with Crippen molar-refractivity contribution in [3.05, 3.63) is 134 Å². The number of carbonyl (C=O) groups is 3. The molecule has 16 nitrogen and oxygen atoms in total. The Bertz CT molecular complexity index is 2480. The molecule has 4 N–H and O–H groups in total. The number of aliphatic hydroxyl groups is 2. The van der Waals surface area contributed by atoms with E-state index in [1.807, 2.05) is 0 Å². The van der Waals surface area contributed by atoms with Crippen LogP contribution in [0.1, 0.15) is 355 Å². The molecule has 107 heavy (non-hydrogen) atoms. The van der Waals surface area contributed by atoms with E-state index in [1.165, 1.54) is 135 Å². The van der Waals surface area contributed by atoms with Crippen molar-refractivity contribution in [3.8, 4) is 0 Å². The van der Waals surface area contributed by atoms with Crippen LogP contribution >= 0.6 is 15.6 Å². The summed E-state index contributed by atoms with van der Waals surface area (Å²) in [4.78, 5) is 58.8. The van der Waals surface area contributed by atoms with Gasteiger partial charge in [-0.1, -0.05) is 328 Å². The SMILES string of the molecule is CC/C=C\C/C=C\C/C=C\CCCCCCCCCC(=O)OC(COC(=O)CCCCCCCCCCC/C=C\C/C=C\C/C=C\C/C=C\CCCCC)COP(=O)(O)OCC(O)COP(=O)(O)OCC(O)COC(=O)CCCCCCCCCCCCCCC/C=C\C/C=C\C/C=C\C/C=C\CCCCC. The topological polar surface area (TPSA) is 231 Å². The molecule has 0 heterocycles. The third kappa shape index (κ3) is 82.5. The van der Waals surface area contributed by atoms with Gasteiger partial charge < -0.3 is 34.2 Å². The lowest BCUT2D eigenvalue weighted by Gasteiger charge is -2.21. The zero-order valence-corrected chi connectivity index (χ0v) is 69.3. The number of hydrogen-bond acceptors (Lipinski definition) is 14. The van der Waals surface area contributed by atoms with Crippen LogP contribution in [0.3, 0.4) is 0 Å². The van der Waals surface area contributed by atoms with Crippen LogP contribution in [-0.4, -0.2) is 95.9 Å². The van der Waals surface area contributed by atoms with Gasteiger partial charge in [0.2, 0.25) is 0 Å². The molecule has 5 unspecified atom stereocenters. The fourth-order valence-electron chi connectivity index (χ4n) is 11.4. The molecule has 0 aromatic heterocycles. The molecule has 0 fully saturated rings. The normalized spacial score (nSPS) is 14.6. The molecule has 0 radical (unpaired) electrons. The Kier molecular flexibility index (Phi) is 77.9. The quantitative estimate of drug-likeness (QED) is 0.0146. The van der Waals surface area contributed by atoms with Gasteiger partial charge in [-0.15, -0.1) is 0 Å². The third-order valence-corrected chi connectivity index (χ3v) is 19.7. The second-order valence-electron chi connectivity index (χ2n) is 28.2. The lowest BCUT2D eigenvalue weighted by molar-refractivity contribution is -0.161. The zero-order chi connectivity index (χ0) is 78.0. The summed E-state index contributed by atoms with van der Waals surface area (Å²) in [5, 5.41) is 20.7. The molecule has 0 aromatic rings. The number of carbonyl (C=O) groups excluding carboxylic acids is 3. The minimum Gasteiger partial charge on any atom is -0.463 e. The van der Waals surface area contributed by atoms with Crippen molar-refractivity contribution in [1.82, 2.24) is 0 Å². The summed E-state index contributed by atoms with van der Waals surface area (Å²) in [5.41, 5.74) is 0. The molecule has 0 aromatic carbocycles. The van der Waals surface area contributed by atoms with Crippen LogP contribution in [0.5, 0.6) is 0 Å². The van der Waals surface area contributed by atoms with Gasteiger partial charge in [-0.05, 0) is 141 Å². The molecule has 0 aliphatic rings. The van der Waals surface area contributed by atoms with E-state index in [2.05, 4.69) is 154 Å². The fraction of sp³-hybridized carbons (Fsp3) is 0.719. The summed E-state index contributed by atoms with van der Waals surface area (Å²) < 4.78 is 61.3. The monoisotopic (exact) mass is 1540 g/mol. The second kappa shape index (κ2) is 81.2. The highest BCUT2D eigenvalue weighted by Gasteiger charge is 2.29. The molecule has 0 amide bonds. The summed E-state index contributed by atoms with van der Waals surface area (Å²) in [6.45, 7) is 2.53. The van der Waals surface area contributed by atoms with E-state index in [1.54, 1.807) is 0 Å². The lowest BCUT2D eigenvalue weighted by Crippen LogP contribution is -2.30. The molecule has 616 valence electrons. The average molecular weight is 1540 g/mol. The van der Waals surface area contributed by atoms with Gasteiger partial charge in [-0.2, -0.15) is 0 Å². The van der Waals surface area contributed by atoms with Crippen molar-refractivity contribution < 1.29 is 75.8 Å². The number of phosphoric acid groups is 2. The highest BCUT2D eigenvalue weighted by Crippen LogP contribution is 2.45. The van der Waals surface area contributed by atoms with Crippen LogP contribution in [0.25, 0.3) is 0 Å². The smallest absolute Gasteiger partial charge is 0.463 e. The van der Waals surface area contributed by atoms with E-state index in [9.17, 15) is 43.5 Å². The molecular weight excluding hydrogens is 1390 g/mol. The van der Waals surface area contributed by atoms with Crippen molar-refractivity contribution in [3.63, 3.8) is 0 Å². The van der Waals surface area contributed by atoms with Crippen LogP contribution in [0.4, 0.5) is 0 Å². The van der Waals surface area contributed by atoms with E-state index in [-0.39, 0.29) is 19.3 Å². The molecule has 18 heteroatoms. The Labute approximate surface area is 652 Å². The van der Waals surface area contributed by atoms with Crippen molar-refractivity contribution in [2.24, 2.45) is 0 Å². The maximum atomic E-state index is 13.0. The molecule has 0 aliphatic heterocycles. The van der Waals surface area contributed by atoms with Crippen LogP contribution in [0.15, 0.2) is 134 Å². The molecule has 0 saturated carbocycles. The Morgan fingerprint density at radius 1 is 0.271 bits per heavy atom. The number of rotatable bonds is 80. The van der Waals surface area contributed by atoms with E-state index in [0.29, 0.717) is 19.3 Å². The van der Waals surface area contributed by atoms with Crippen LogP contribution in [0, 0.1) is 0 Å². The minimum atomic E-state index is -4.94. The predicted octanol–water partition coefficient (Wildman–Crippen LogP) is 25.4. The van der Waals surface area contributed by atoms with Crippen LogP contribution < -0.4 is 0 Å². The van der Waals surface area contributed by atoms with Gasteiger partial charge >= 0.3 is 33.6 Å². The molecule has 0 saturated heterocycles. The minimum absolute atomic E-state index is 0.0895. The Morgan fingerprint density at radius 3 is 0.785 bits per heavy atom. The van der Waals surface area contributed by atoms with Crippen LogP contribution in [0.2, 0.25) is 0 Å². The first-order valence-corrected chi connectivity index (χ1v) is 45.5. The highest BCUT2D eigenvalue weighted by molar-refractivity contribution is 7.47. The number of aliphatic hydroxyl groups excluding tert-OH is 2. The first-order valence-electron chi connectivity index (χ1n) is 42.5. The highest BCUT2D eigenvalue weighted by atomic mass is 31.2. The van der Waals surface area contributed by atoms with Gasteiger partial charge in [0.05, 0.1) is 26.4 Å². The fourth-order valence-corrected chi connectivity index (χ4v) is 13.0. The van der Waals surface area contributed by atoms with Crippen molar-refractivity contribution in [2.45, 2.75) is 373 Å². The van der Waals surface area contributed by atoms with Crippen molar-refractivity contribution in [2.75, 3.05) is 39.6 Å². The molecule has 0 aliphatic carbocycles. The maximum absolute atomic E-state index is 13.0. The Balaban J connectivity index is 4.57. The summed E-state index contributed by atoms with van der Waals surface area (Å²) in [7, 11) is -9.80. The average Bonchev–Trinajstić information content (AvgIpc) is 0.958. The van der Waals surface area contributed by atoms with Gasteiger partial charge in [0.1, 0.15) is 25.4 Å². The van der Waals surface area contributed by atoms with Crippen molar-refractivity contribution >= 4 is 33.6 Å². The summed E-state index contributed by atoms with van der Waals surface area (Å²) in [5.74, 6) is -1.59. The maximum Gasteiger partial charge on any atom is 0.472 e. The standard InChI is InChI=1S/C89H154O16P2/c1-4-7-10-13-16-19-22-25-28-31-33-35-37-39-40-41-42-44-46-47-49-52-54-57-60-63-66-69-72-75-87(92)99-78-84(90)79-101-106(95,96)102-80-85(91)81-103-107(97,98)104-83-86(105-89(94)77-74-71-68-65-62-59-56-51-30-27-24-21-18-15-12-9-6-3)82-100-88(93)76-73-70-67-64-61-58-55-53-50-48-45-43-38-36-34-32-29-26-23-20-17-14-11-8-5-2/h9,12,16-21,25-30,33-36,39-40,43,45,84-86,90-91H,4-8,10-11,13-15,22-24,31-32,37-38,41-42,44,46-83H2,1-3H3,(H,95,96)(H,97,98)/b12-9-,19-16-,20-17-,21-18-,28-25-,29-26-,30-27-,35-33-,36-34-,40-39-,45-43-. The summed E-state index contributed by atoms with van der Waals surface area (Å²) >= 11 is 0. The van der Waals surface area contributed by atoms with Gasteiger partial charge in [0, 0.05) is 19.3 Å². The number of esters is 3. The Hall–Kier alpha value is -4.31. The van der Waals surface area contributed by atoms with Crippen molar-refractivity contribution in [1.29, 1.82) is 0 Å². The number of ether oxygens (including phenoxy) is 3. The van der Waals surface area contributed by atoms with Gasteiger partial charge in [-0.25, -0.2) is 9.13 Å². The van der Waals surface area contributed by atoms with E-state index < -0.39 is 91.5 Å². The van der Waals surface area contributed by atoms with Gasteiger partial charge in [0.25, 0.3) is 0 Å². The molecule has 0 spiro atoms. The van der Waals surface area contributed by atoms with Gasteiger partial charge in [-0.3, -0.25) is 32.5 Å². The molecular formula is C89H154O16P2. The third-order valence-electron chi connectivity index (χ3n) is 17.8. The molecule has 0 bridgehead atoms. The van der Waals surface area contributed by atoms with E-state index >= 15 is 0 Å². The Morgan fingerprint density at radius 2 is 0.495 bits per heavy atom. The van der Waals surface area contributed by atoms with Crippen LogP contribution in [-0.2, 0) is 55.8 Å². The molecule has 5 atom stereocenters. The first kappa shape index (κ1) is 103. The van der Waals surface area contributed by atoms with E-state index in [0.717, 1.165) is 161 Å². The second-order valence-corrected chi connectivity index (χ2v) is 31.2. The first-order chi connectivity index (χ1) is 52.2. The number of phosphoric ester groups is 2. The number of unbranched alkanes of at least 4 members (excludes halogenated alkanes) is 35. The largest absolute Gasteiger partial charge is 0.472 e. The summed E-state index contributed by atoms with van der Waals surface area (Å²) in [6, 6.07) is 0. The molecule has 0 rings (SSSR count). The zero-order valence-electron chi connectivity index (χ0n) is 67.5. The van der Waals surface area contributed by atoms with Gasteiger partial charge in [0.15, 0.2) is 6.10 Å².